The van der Waals surface area contributed by atoms with E-state index < -0.39 is 0 Å². The van der Waals surface area contributed by atoms with Gasteiger partial charge in [0.1, 0.15) is 0 Å². The second-order valence-corrected chi connectivity index (χ2v) is 5.42. The van der Waals surface area contributed by atoms with Crippen molar-refractivity contribution in [2.24, 2.45) is 5.41 Å². The predicted molar refractivity (Wildman–Crippen MR) is 69.3 cm³/mol. The Morgan fingerprint density at radius 2 is 1.62 bits per heavy atom. The van der Waals surface area contributed by atoms with E-state index in [4.69, 9.17) is 0 Å². The van der Waals surface area contributed by atoms with Crippen LogP contribution < -0.4 is 0 Å². The maximum Gasteiger partial charge on any atom is 0.160 e. The topological polar surface area (TPSA) is 17.1 Å². The minimum Gasteiger partial charge on any atom is -0.295 e. The van der Waals surface area contributed by atoms with Gasteiger partial charge in [-0.25, -0.2) is 0 Å². The van der Waals surface area contributed by atoms with Crippen molar-refractivity contribution in [3.8, 4) is 0 Å². The minimum atomic E-state index is -0.0116. The minimum absolute atomic E-state index is 0.0116. The van der Waals surface area contributed by atoms with Crippen LogP contribution in [0.1, 0.15) is 48.5 Å². The van der Waals surface area contributed by atoms with E-state index >= 15 is 0 Å². The van der Waals surface area contributed by atoms with Crippen LogP contribution in [0.5, 0.6) is 0 Å². The highest BCUT2D eigenvalue weighted by atomic mass is 16.1. The first-order chi connectivity index (χ1) is 7.19. The Bertz CT molecular complexity index is 424. The molecule has 0 saturated carbocycles. The number of hydrogen-bond acceptors (Lipinski definition) is 1. The molecule has 0 aromatic rings. The van der Waals surface area contributed by atoms with E-state index in [-0.39, 0.29) is 11.2 Å². The lowest BCUT2D eigenvalue weighted by atomic mass is 9.76. The van der Waals surface area contributed by atoms with Crippen LogP contribution in [-0.4, -0.2) is 5.78 Å². The first-order valence-corrected chi connectivity index (χ1v) is 5.78. The molecule has 88 valence electrons. The number of allylic oxidation sites excluding steroid dienone is 6. The summed E-state index contributed by atoms with van der Waals surface area (Å²) in [7, 11) is 0. The number of rotatable bonds is 2. The molecule has 0 amide bonds. The second-order valence-electron chi connectivity index (χ2n) is 5.42. The average molecular weight is 218 g/mol. The molecular formula is C15H22O. The van der Waals surface area contributed by atoms with Gasteiger partial charge >= 0.3 is 0 Å². The van der Waals surface area contributed by atoms with E-state index in [1.54, 1.807) is 6.92 Å². The van der Waals surface area contributed by atoms with Crippen LogP contribution >= 0.6 is 0 Å². The van der Waals surface area contributed by atoms with Crippen molar-refractivity contribution in [1.29, 1.82) is 0 Å². The van der Waals surface area contributed by atoms with E-state index in [0.29, 0.717) is 0 Å². The van der Waals surface area contributed by atoms with Crippen molar-refractivity contribution in [1.82, 2.24) is 0 Å². The van der Waals surface area contributed by atoms with Crippen LogP contribution in [0.2, 0.25) is 0 Å². The quantitative estimate of drug-likeness (QED) is 0.634. The lowest BCUT2D eigenvalue weighted by Gasteiger charge is -2.27. The van der Waals surface area contributed by atoms with Crippen molar-refractivity contribution in [3.63, 3.8) is 0 Å². The highest BCUT2D eigenvalue weighted by molar-refractivity contribution is 5.99. The lowest BCUT2D eigenvalue weighted by molar-refractivity contribution is -0.113. The highest BCUT2D eigenvalue weighted by Gasteiger charge is 2.34. The van der Waals surface area contributed by atoms with E-state index in [0.717, 1.165) is 11.1 Å². The molecule has 0 aromatic carbocycles. The molecule has 1 aliphatic rings. The zero-order valence-corrected chi connectivity index (χ0v) is 11.5. The zero-order chi connectivity index (χ0) is 12.7. The van der Waals surface area contributed by atoms with E-state index in [9.17, 15) is 4.79 Å². The first kappa shape index (κ1) is 13.0. The smallest absolute Gasteiger partial charge is 0.160 e. The molecule has 0 atom stereocenters. The maximum atomic E-state index is 11.8. The number of carbonyl (C=O) groups is 1. The van der Waals surface area contributed by atoms with Crippen LogP contribution in [0.3, 0.4) is 0 Å². The summed E-state index contributed by atoms with van der Waals surface area (Å²) >= 11 is 0. The lowest BCUT2D eigenvalue weighted by Crippen LogP contribution is -2.18. The Hall–Kier alpha value is -1.11. The molecule has 1 aliphatic carbocycles. The molecule has 0 aromatic heterocycles. The molecule has 0 bridgehead atoms. The molecule has 0 fully saturated rings. The summed E-state index contributed by atoms with van der Waals surface area (Å²) in [4.78, 5) is 11.8. The number of ketones is 1. The molecule has 0 saturated heterocycles. The molecule has 16 heavy (non-hydrogen) atoms. The summed E-state index contributed by atoms with van der Waals surface area (Å²) in [5.41, 5.74) is 5.83. The molecule has 1 rings (SSSR count). The predicted octanol–water partition coefficient (Wildman–Crippen LogP) is 4.21. The molecule has 0 spiro atoms. The van der Waals surface area contributed by atoms with Crippen molar-refractivity contribution in [2.45, 2.75) is 48.5 Å². The number of carbonyl (C=O) groups excluding carboxylic acids is 1. The van der Waals surface area contributed by atoms with E-state index in [1.807, 2.05) is 13.8 Å². The highest BCUT2D eigenvalue weighted by Crippen LogP contribution is 2.46. The van der Waals surface area contributed by atoms with Gasteiger partial charge in [-0.05, 0) is 40.2 Å². The SMILES string of the molecule is CC(=O)C(C1=CC(C)=C(C)C1(C)C)=C(C)C. The standard InChI is InChI=1S/C15H22O/c1-9(2)14(12(5)16)13-8-10(3)11(4)15(13,6)7/h8H,1-7H3. The van der Waals surface area contributed by atoms with Crippen molar-refractivity contribution in [3.05, 3.63) is 33.9 Å². The third kappa shape index (κ3) is 1.91. The average Bonchev–Trinajstić information content (AvgIpc) is 2.30. The molecule has 1 heteroatoms. The Balaban J connectivity index is 3.36. The summed E-state index contributed by atoms with van der Waals surface area (Å²) in [6.45, 7) is 14.3. The van der Waals surface area contributed by atoms with Gasteiger partial charge in [0.15, 0.2) is 5.78 Å². The Labute approximate surface area is 98.9 Å². The normalized spacial score (nSPS) is 18.6. The molecule has 0 N–H and O–H groups in total. The van der Waals surface area contributed by atoms with Gasteiger partial charge in [0.05, 0.1) is 0 Å². The van der Waals surface area contributed by atoms with Gasteiger partial charge in [-0.3, -0.25) is 4.79 Å². The van der Waals surface area contributed by atoms with Gasteiger partial charge < -0.3 is 0 Å². The fourth-order valence-electron chi connectivity index (χ4n) is 2.40. The fraction of sp³-hybridized carbons (Fsp3) is 0.533. The van der Waals surface area contributed by atoms with Gasteiger partial charge in [0.25, 0.3) is 0 Å². The van der Waals surface area contributed by atoms with Crippen molar-refractivity contribution < 1.29 is 4.79 Å². The summed E-state index contributed by atoms with van der Waals surface area (Å²) in [5, 5.41) is 0. The van der Waals surface area contributed by atoms with Gasteiger partial charge in [0, 0.05) is 11.0 Å². The van der Waals surface area contributed by atoms with Crippen LogP contribution in [-0.2, 0) is 4.79 Å². The van der Waals surface area contributed by atoms with Gasteiger partial charge in [-0.15, -0.1) is 0 Å². The van der Waals surface area contributed by atoms with E-state index in [1.165, 1.54) is 16.7 Å². The molecule has 0 radical (unpaired) electrons. The largest absolute Gasteiger partial charge is 0.295 e. The first-order valence-electron chi connectivity index (χ1n) is 5.78. The second kappa shape index (κ2) is 4.04. The van der Waals surface area contributed by atoms with Crippen LogP contribution in [0.4, 0.5) is 0 Å². The molecule has 0 heterocycles. The van der Waals surface area contributed by atoms with Crippen molar-refractivity contribution in [2.75, 3.05) is 0 Å². The molecule has 1 nitrogen and oxygen atoms in total. The number of Topliss-reactive ketones (excluding diaryl/α,β-unsaturated/α-hetero) is 1. The zero-order valence-electron chi connectivity index (χ0n) is 11.5. The Morgan fingerprint density at radius 3 is 1.88 bits per heavy atom. The third-order valence-electron chi connectivity index (χ3n) is 3.68. The monoisotopic (exact) mass is 218 g/mol. The molecule has 0 aliphatic heterocycles. The fourth-order valence-corrected chi connectivity index (χ4v) is 2.40. The van der Waals surface area contributed by atoms with Gasteiger partial charge in [-0.1, -0.05) is 36.6 Å². The summed E-state index contributed by atoms with van der Waals surface area (Å²) < 4.78 is 0. The summed E-state index contributed by atoms with van der Waals surface area (Å²) in [6.07, 6.45) is 2.17. The Kier molecular flexibility index (Phi) is 3.27. The third-order valence-corrected chi connectivity index (χ3v) is 3.68. The van der Waals surface area contributed by atoms with Crippen molar-refractivity contribution >= 4 is 5.78 Å². The summed E-state index contributed by atoms with van der Waals surface area (Å²) in [5.74, 6) is 0.168. The number of hydrogen-bond donors (Lipinski definition) is 0. The summed E-state index contributed by atoms with van der Waals surface area (Å²) in [6, 6.07) is 0. The molecule has 0 unspecified atom stereocenters. The van der Waals surface area contributed by atoms with Gasteiger partial charge in [-0.2, -0.15) is 0 Å². The van der Waals surface area contributed by atoms with Crippen LogP contribution in [0.15, 0.2) is 33.9 Å². The maximum absolute atomic E-state index is 11.8. The van der Waals surface area contributed by atoms with E-state index in [2.05, 4.69) is 33.8 Å². The van der Waals surface area contributed by atoms with Crippen LogP contribution in [0.25, 0.3) is 0 Å². The van der Waals surface area contributed by atoms with Crippen LogP contribution in [0, 0.1) is 5.41 Å². The Morgan fingerprint density at radius 1 is 1.12 bits per heavy atom. The van der Waals surface area contributed by atoms with Gasteiger partial charge in [0.2, 0.25) is 0 Å². The molecular weight excluding hydrogens is 196 g/mol.